The Hall–Kier alpha value is -2.09. The molecule has 28 heavy (non-hydrogen) atoms. The second kappa shape index (κ2) is 8.94. The Morgan fingerprint density at radius 3 is 2.71 bits per heavy atom. The zero-order valence-electron chi connectivity index (χ0n) is 16.2. The molecule has 0 amide bonds. The number of nitrogens with one attached hydrogen (secondary N) is 1. The van der Waals surface area contributed by atoms with E-state index in [-0.39, 0.29) is 0 Å². The van der Waals surface area contributed by atoms with Crippen molar-refractivity contribution in [2.45, 2.75) is 19.4 Å². The Bertz CT molecular complexity index is 807. The van der Waals surface area contributed by atoms with Gasteiger partial charge in [0.05, 0.1) is 32.2 Å². The van der Waals surface area contributed by atoms with Crippen LogP contribution in [-0.2, 0) is 11.3 Å². The van der Waals surface area contributed by atoms with E-state index in [1.165, 1.54) is 18.4 Å². The molecule has 7 nitrogen and oxygen atoms in total. The summed E-state index contributed by atoms with van der Waals surface area (Å²) in [6.07, 6.45) is 3.99. The Morgan fingerprint density at radius 2 is 1.96 bits per heavy atom. The first kappa shape index (κ1) is 19.2. The van der Waals surface area contributed by atoms with Crippen LogP contribution in [0, 0.1) is 0 Å². The molecule has 2 aliphatic rings. The molecule has 0 unspecified atom stereocenters. The fourth-order valence-corrected chi connectivity index (χ4v) is 3.85. The van der Waals surface area contributed by atoms with Gasteiger partial charge >= 0.3 is 0 Å². The van der Waals surface area contributed by atoms with Crippen molar-refractivity contribution >= 4 is 29.1 Å². The standard InChI is InChI=1S/C20H26ClN5O2/c1-27-18-12-15(14-25-8-10-28-11-9-25)4-5-17(18)23-20-22-13-16(21)19(24-20)26-6-2-3-7-26/h4-5,12-13H,2-3,6-11,14H2,1H3,(H,22,23,24). The van der Waals surface area contributed by atoms with Crippen molar-refractivity contribution in [2.75, 3.05) is 56.7 Å². The third-order valence-electron chi connectivity index (χ3n) is 5.15. The minimum Gasteiger partial charge on any atom is -0.495 e. The number of aromatic nitrogens is 2. The number of hydrogen-bond donors (Lipinski definition) is 1. The lowest BCUT2D eigenvalue weighted by molar-refractivity contribution is 0.0342. The van der Waals surface area contributed by atoms with Gasteiger partial charge in [-0.2, -0.15) is 4.98 Å². The van der Waals surface area contributed by atoms with Crippen LogP contribution in [0.25, 0.3) is 0 Å². The van der Waals surface area contributed by atoms with Gasteiger partial charge in [-0.05, 0) is 30.5 Å². The van der Waals surface area contributed by atoms with Crippen LogP contribution in [0.15, 0.2) is 24.4 Å². The van der Waals surface area contributed by atoms with E-state index >= 15 is 0 Å². The summed E-state index contributed by atoms with van der Waals surface area (Å²) in [5.41, 5.74) is 2.04. The fraction of sp³-hybridized carbons (Fsp3) is 0.500. The predicted octanol–water partition coefficient (Wildman–Crippen LogP) is 3.31. The van der Waals surface area contributed by atoms with Crippen LogP contribution in [0.2, 0.25) is 5.02 Å². The Morgan fingerprint density at radius 1 is 1.18 bits per heavy atom. The predicted molar refractivity (Wildman–Crippen MR) is 111 cm³/mol. The molecule has 1 aromatic heterocycles. The van der Waals surface area contributed by atoms with Gasteiger partial charge < -0.3 is 19.7 Å². The van der Waals surface area contributed by atoms with Crippen molar-refractivity contribution in [1.29, 1.82) is 0 Å². The first-order valence-corrected chi connectivity index (χ1v) is 10.1. The molecule has 0 spiro atoms. The molecule has 0 aliphatic carbocycles. The van der Waals surface area contributed by atoms with Gasteiger partial charge in [0.25, 0.3) is 0 Å². The maximum Gasteiger partial charge on any atom is 0.229 e. The number of anilines is 3. The van der Waals surface area contributed by atoms with E-state index in [0.29, 0.717) is 11.0 Å². The van der Waals surface area contributed by atoms with Gasteiger partial charge in [0.15, 0.2) is 5.82 Å². The summed E-state index contributed by atoms with van der Waals surface area (Å²) in [5, 5.41) is 3.86. The third-order valence-corrected chi connectivity index (χ3v) is 5.42. The number of benzene rings is 1. The van der Waals surface area contributed by atoms with Gasteiger partial charge in [0.1, 0.15) is 10.8 Å². The summed E-state index contributed by atoms with van der Waals surface area (Å²) in [6, 6.07) is 6.19. The zero-order chi connectivity index (χ0) is 19.3. The molecule has 0 bridgehead atoms. The number of hydrogen-bond acceptors (Lipinski definition) is 7. The third kappa shape index (κ3) is 4.48. The van der Waals surface area contributed by atoms with Crippen molar-refractivity contribution in [2.24, 2.45) is 0 Å². The van der Waals surface area contributed by atoms with Gasteiger partial charge in [0, 0.05) is 32.7 Å². The summed E-state index contributed by atoms with van der Waals surface area (Å²) >= 11 is 6.32. The fourth-order valence-electron chi connectivity index (χ4n) is 3.64. The maximum atomic E-state index is 6.32. The summed E-state index contributed by atoms with van der Waals surface area (Å²) in [7, 11) is 1.68. The summed E-state index contributed by atoms with van der Waals surface area (Å²) in [5.74, 6) is 2.08. The molecule has 2 aromatic rings. The highest BCUT2D eigenvalue weighted by Crippen LogP contribution is 2.31. The highest BCUT2D eigenvalue weighted by molar-refractivity contribution is 6.32. The van der Waals surface area contributed by atoms with Crippen molar-refractivity contribution in [3.63, 3.8) is 0 Å². The normalized spacial score (nSPS) is 17.7. The van der Waals surface area contributed by atoms with Crippen LogP contribution in [-0.4, -0.2) is 61.4 Å². The van der Waals surface area contributed by atoms with Gasteiger partial charge in [-0.3, -0.25) is 4.90 Å². The maximum absolute atomic E-state index is 6.32. The quantitative estimate of drug-likeness (QED) is 0.793. The van der Waals surface area contributed by atoms with Crippen molar-refractivity contribution in [1.82, 2.24) is 14.9 Å². The Balaban J connectivity index is 1.50. The molecule has 2 aliphatic heterocycles. The molecular formula is C20H26ClN5O2. The summed E-state index contributed by atoms with van der Waals surface area (Å²) in [6.45, 7) is 6.36. The zero-order valence-corrected chi connectivity index (χ0v) is 16.9. The topological polar surface area (TPSA) is 62.8 Å². The largest absolute Gasteiger partial charge is 0.495 e. The van der Waals surface area contributed by atoms with Gasteiger partial charge in [-0.25, -0.2) is 4.98 Å². The number of nitrogens with zero attached hydrogens (tertiary/aromatic N) is 4. The monoisotopic (exact) mass is 403 g/mol. The summed E-state index contributed by atoms with van der Waals surface area (Å²) in [4.78, 5) is 13.6. The minimum atomic E-state index is 0.519. The van der Waals surface area contributed by atoms with E-state index in [2.05, 4.69) is 37.2 Å². The van der Waals surface area contributed by atoms with E-state index in [0.717, 1.165) is 63.2 Å². The van der Waals surface area contributed by atoms with Gasteiger partial charge in [-0.15, -0.1) is 0 Å². The van der Waals surface area contributed by atoms with Crippen LogP contribution in [0.3, 0.4) is 0 Å². The molecule has 3 heterocycles. The molecule has 2 fully saturated rings. The highest BCUT2D eigenvalue weighted by atomic mass is 35.5. The average Bonchev–Trinajstić information content (AvgIpc) is 3.26. The Kier molecular flexibility index (Phi) is 6.14. The second-order valence-electron chi connectivity index (χ2n) is 7.11. The molecule has 1 N–H and O–H groups in total. The highest BCUT2D eigenvalue weighted by Gasteiger charge is 2.18. The SMILES string of the molecule is COc1cc(CN2CCOCC2)ccc1Nc1ncc(Cl)c(N2CCCC2)n1. The van der Waals surface area contributed by atoms with E-state index in [1.54, 1.807) is 13.3 Å². The van der Waals surface area contributed by atoms with Crippen LogP contribution in [0.5, 0.6) is 5.75 Å². The number of morpholine rings is 1. The summed E-state index contributed by atoms with van der Waals surface area (Å²) < 4.78 is 11.0. The molecule has 1 aromatic carbocycles. The van der Waals surface area contributed by atoms with E-state index < -0.39 is 0 Å². The van der Waals surface area contributed by atoms with Crippen LogP contribution in [0.4, 0.5) is 17.5 Å². The first-order chi connectivity index (χ1) is 13.7. The van der Waals surface area contributed by atoms with Crippen molar-refractivity contribution in [3.8, 4) is 5.75 Å². The number of rotatable bonds is 6. The second-order valence-corrected chi connectivity index (χ2v) is 7.51. The molecule has 0 saturated carbocycles. The molecule has 2 saturated heterocycles. The smallest absolute Gasteiger partial charge is 0.229 e. The lowest BCUT2D eigenvalue weighted by atomic mass is 10.1. The van der Waals surface area contributed by atoms with Crippen molar-refractivity contribution < 1.29 is 9.47 Å². The lowest BCUT2D eigenvalue weighted by Crippen LogP contribution is -2.35. The van der Waals surface area contributed by atoms with Gasteiger partial charge in [-0.1, -0.05) is 17.7 Å². The lowest BCUT2D eigenvalue weighted by Gasteiger charge is -2.26. The van der Waals surface area contributed by atoms with Crippen LogP contribution >= 0.6 is 11.6 Å². The van der Waals surface area contributed by atoms with E-state index in [9.17, 15) is 0 Å². The molecule has 8 heteroatoms. The van der Waals surface area contributed by atoms with Crippen LogP contribution in [0.1, 0.15) is 18.4 Å². The van der Waals surface area contributed by atoms with Crippen LogP contribution < -0.4 is 15.0 Å². The molecule has 150 valence electrons. The first-order valence-electron chi connectivity index (χ1n) is 9.74. The van der Waals surface area contributed by atoms with E-state index in [4.69, 9.17) is 21.1 Å². The Labute approximate surface area is 170 Å². The van der Waals surface area contributed by atoms with Crippen molar-refractivity contribution in [3.05, 3.63) is 35.0 Å². The molecule has 4 rings (SSSR count). The number of methoxy groups -OCH3 is 1. The minimum absolute atomic E-state index is 0.519. The molecule has 0 atom stereocenters. The number of ether oxygens (including phenoxy) is 2. The average molecular weight is 404 g/mol. The van der Waals surface area contributed by atoms with E-state index in [1.807, 2.05) is 6.07 Å². The molecular weight excluding hydrogens is 378 g/mol. The van der Waals surface area contributed by atoms with Gasteiger partial charge in [0.2, 0.25) is 5.95 Å². The number of halogens is 1. The molecule has 0 radical (unpaired) electrons.